The van der Waals surface area contributed by atoms with E-state index in [1.807, 2.05) is 18.2 Å². The maximum atomic E-state index is 11.9. The molecule has 0 heterocycles. The molecule has 0 radical (unpaired) electrons. The molecule has 0 bridgehead atoms. The van der Waals surface area contributed by atoms with Crippen molar-refractivity contribution in [1.29, 1.82) is 0 Å². The minimum atomic E-state index is -0.556. The minimum Gasteiger partial charge on any atom is -0.458 e. The Bertz CT molecular complexity index is 768. The van der Waals surface area contributed by atoms with Gasteiger partial charge in [-0.25, -0.2) is 4.79 Å². The van der Waals surface area contributed by atoms with Crippen LogP contribution in [0.1, 0.15) is 28.4 Å². The van der Waals surface area contributed by atoms with Crippen molar-refractivity contribution in [3.8, 4) is 0 Å². The van der Waals surface area contributed by atoms with Gasteiger partial charge in [0.1, 0.15) is 6.61 Å². The van der Waals surface area contributed by atoms with E-state index in [4.69, 9.17) is 22.1 Å². The molecule has 1 amide bonds. The summed E-state index contributed by atoms with van der Waals surface area (Å²) in [6, 6.07) is 14.0. The van der Waals surface area contributed by atoms with Crippen LogP contribution in [0, 0.1) is 0 Å². The topological polar surface area (TPSA) is 69.4 Å². The second kappa shape index (κ2) is 7.61. The summed E-state index contributed by atoms with van der Waals surface area (Å²) in [5.74, 6) is -1.07. The summed E-state index contributed by atoms with van der Waals surface area (Å²) in [6.07, 6.45) is 1.37. The van der Waals surface area contributed by atoms with Gasteiger partial charge in [-0.1, -0.05) is 48.0 Å². The molecule has 0 aliphatic carbocycles. The van der Waals surface area contributed by atoms with Gasteiger partial charge < -0.3 is 10.5 Å². The van der Waals surface area contributed by atoms with Gasteiger partial charge in [0.25, 0.3) is 0 Å². The van der Waals surface area contributed by atoms with Crippen LogP contribution < -0.4 is 5.73 Å². The zero-order valence-corrected chi connectivity index (χ0v) is 13.3. The Morgan fingerprint density at radius 1 is 1.09 bits per heavy atom. The number of rotatable bonds is 5. The molecule has 2 aromatic rings. The van der Waals surface area contributed by atoms with E-state index in [9.17, 15) is 9.59 Å². The van der Waals surface area contributed by atoms with Crippen molar-refractivity contribution in [3.63, 3.8) is 0 Å². The Kier molecular flexibility index (Phi) is 5.55. The lowest BCUT2D eigenvalue weighted by Gasteiger charge is -2.08. The molecule has 0 atom stereocenters. The van der Waals surface area contributed by atoms with E-state index in [0.717, 1.165) is 5.56 Å². The van der Waals surface area contributed by atoms with Crippen LogP contribution in [0.15, 0.2) is 54.6 Å². The van der Waals surface area contributed by atoms with Crippen LogP contribution in [0.25, 0.3) is 5.57 Å². The van der Waals surface area contributed by atoms with Gasteiger partial charge in [0, 0.05) is 22.2 Å². The SMILES string of the molecule is C/C(=C/C(=O)OCc1ccccc1C(N)=O)c1ccccc1Cl. The molecule has 0 saturated heterocycles. The molecule has 0 aliphatic rings. The molecule has 23 heavy (non-hydrogen) atoms. The molecule has 5 heteroatoms. The molecular formula is C18H16ClNO3. The Hall–Kier alpha value is -2.59. The van der Waals surface area contributed by atoms with Gasteiger partial charge in [-0.2, -0.15) is 0 Å². The highest BCUT2D eigenvalue weighted by Gasteiger charge is 2.10. The zero-order chi connectivity index (χ0) is 16.8. The Morgan fingerprint density at radius 2 is 1.70 bits per heavy atom. The smallest absolute Gasteiger partial charge is 0.331 e. The number of esters is 1. The van der Waals surface area contributed by atoms with Crippen LogP contribution in [0.2, 0.25) is 5.02 Å². The lowest BCUT2D eigenvalue weighted by atomic mass is 10.1. The fourth-order valence-corrected chi connectivity index (χ4v) is 2.40. The van der Waals surface area contributed by atoms with E-state index in [-0.39, 0.29) is 6.61 Å². The van der Waals surface area contributed by atoms with E-state index >= 15 is 0 Å². The van der Waals surface area contributed by atoms with Gasteiger partial charge in [-0.3, -0.25) is 4.79 Å². The van der Waals surface area contributed by atoms with Crippen molar-refractivity contribution in [2.24, 2.45) is 5.73 Å². The van der Waals surface area contributed by atoms with Crippen molar-refractivity contribution in [1.82, 2.24) is 0 Å². The lowest BCUT2D eigenvalue weighted by Crippen LogP contribution is -2.14. The number of carbonyl (C=O) groups excluding carboxylic acids is 2. The predicted octanol–water partition coefficient (Wildman–Crippen LogP) is 3.59. The largest absolute Gasteiger partial charge is 0.458 e. The van der Waals surface area contributed by atoms with Gasteiger partial charge >= 0.3 is 5.97 Å². The first-order valence-corrected chi connectivity index (χ1v) is 7.34. The molecule has 2 aromatic carbocycles. The lowest BCUT2D eigenvalue weighted by molar-refractivity contribution is -0.138. The molecule has 118 valence electrons. The number of hydrogen-bond acceptors (Lipinski definition) is 3. The van der Waals surface area contributed by atoms with Crippen LogP contribution in [0.4, 0.5) is 0 Å². The number of carbonyl (C=O) groups is 2. The van der Waals surface area contributed by atoms with Gasteiger partial charge in [0.2, 0.25) is 5.91 Å². The Morgan fingerprint density at radius 3 is 2.35 bits per heavy atom. The first-order valence-electron chi connectivity index (χ1n) is 6.96. The van der Waals surface area contributed by atoms with Gasteiger partial charge in [-0.05, 0) is 30.2 Å². The molecule has 4 nitrogen and oxygen atoms in total. The second-order valence-electron chi connectivity index (χ2n) is 4.94. The summed E-state index contributed by atoms with van der Waals surface area (Å²) in [6.45, 7) is 1.75. The molecule has 0 spiro atoms. The first kappa shape index (κ1) is 16.8. The van der Waals surface area contributed by atoms with E-state index in [1.165, 1.54) is 6.08 Å². The molecule has 0 aromatic heterocycles. The number of halogens is 1. The van der Waals surface area contributed by atoms with Crippen LogP contribution in [0.3, 0.4) is 0 Å². The summed E-state index contributed by atoms with van der Waals surface area (Å²) in [5.41, 5.74) is 7.66. The molecular weight excluding hydrogens is 314 g/mol. The van der Waals surface area contributed by atoms with E-state index in [0.29, 0.717) is 21.7 Å². The van der Waals surface area contributed by atoms with Crippen molar-refractivity contribution >= 4 is 29.1 Å². The fourth-order valence-electron chi connectivity index (χ4n) is 2.11. The summed E-state index contributed by atoms with van der Waals surface area (Å²) >= 11 is 6.09. The van der Waals surface area contributed by atoms with Crippen molar-refractivity contribution in [2.75, 3.05) is 0 Å². The Balaban J connectivity index is 2.08. The standard InChI is InChI=1S/C18H16ClNO3/c1-12(14-7-4-5-9-16(14)19)10-17(21)23-11-13-6-2-3-8-15(13)18(20)22/h2-10H,11H2,1H3,(H2,20,22)/b12-10-. The van der Waals surface area contributed by atoms with Crippen molar-refractivity contribution < 1.29 is 14.3 Å². The third-order valence-corrected chi connectivity index (χ3v) is 3.62. The molecule has 2 rings (SSSR count). The quantitative estimate of drug-likeness (QED) is 0.673. The fraction of sp³-hybridized carbons (Fsp3) is 0.111. The van der Waals surface area contributed by atoms with Crippen LogP contribution in [-0.2, 0) is 16.1 Å². The van der Waals surface area contributed by atoms with E-state index < -0.39 is 11.9 Å². The van der Waals surface area contributed by atoms with Crippen LogP contribution in [0.5, 0.6) is 0 Å². The third-order valence-electron chi connectivity index (χ3n) is 3.29. The minimum absolute atomic E-state index is 0.0236. The average molecular weight is 330 g/mol. The monoisotopic (exact) mass is 329 g/mol. The van der Waals surface area contributed by atoms with Crippen molar-refractivity contribution in [2.45, 2.75) is 13.5 Å². The maximum Gasteiger partial charge on any atom is 0.331 e. The maximum absolute atomic E-state index is 11.9. The molecule has 0 unspecified atom stereocenters. The number of primary amides is 1. The Labute approximate surface area is 139 Å². The highest BCUT2D eigenvalue weighted by Crippen LogP contribution is 2.23. The van der Waals surface area contributed by atoms with Gasteiger partial charge in [0.05, 0.1) is 0 Å². The number of allylic oxidation sites excluding steroid dienone is 1. The van der Waals surface area contributed by atoms with E-state index in [1.54, 1.807) is 37.3 Å². The summed E-state index contributed by atoms with van der Waals surface area (Å²) < 4.78 is 5.18. The molecule has 2 N–H and O–H groups in total. The third kappa shape index (κ3) is 4.44. The second-order valence-corrected chi connectivity index (χ2v) is 5.34. The van der Waals surface area contributed by atoms with Crippen molar-refractivity contribution in [3.05, 3.63) is 76.3 Å². The molecule has 0 saturated carbocycles. The zero-order valence-electron chi connectivity index (χ0n) is 12.6. The van der Waals surface area contributed by atoms with E-state index in [2.05, 4.69) is 0 Å². The number of hydrogen-bond donors (Lipinski definition) is 1. The predicted molar refractivity (Wildman–Crippen MR) is 89.9 cm³/mol. The average Bonchev–Trinajstić information content (AvgIpc) is 2.53. The summed E-state index contributed by atoms with van der Waals surface area (Å²) in [4.78, 5) is 23.3. The molecule has 0 fully saturated rings. The van der Waals surface area contributed by atoms with Gasteiger partial charge in [0.15, 0.2) is 0 Å². The number of benzene rings is 2. The van der Waals surface area contributed by atoms with Crippen LogP contribution in [-0.4, -0.2) is 11.9 Å². The molecule has 0 aliphatic heterocycles. The summed E-state index contributed by atoms with van der Waals surface area (Å²) in [5, 5.41) is 0.563. The highest BCUT2D eigenvalue weighted by atomic mass is 35.5. The summed E-state index contributed by atoms with van der Waals surface area (Å²) in [7, 11) is 0. The number of nitrogens with two attached hydrogens (primary N) is 1. The first-order chi connectivity index (χ1) is 11.0. The number of ether oxygens (including phenoxy) is 1. The number of amides is 1. The highest BCUT2D eigenvalue weighted by molar-refractivity contribution is 6.32. The van der Waals surface area contributed by atoms with Gasteiger partial charge in [-0.15, -0.1) is 0 Å². The van der Waals surface area contributed by atoms with Crippen LogP contribution >= 0.6 is 11.6 Å². The normalized spacial score (nSPS) is 11.1.